The molecule has 0 saturated heterocycles. The van der Waals surface area contributed by atoms with Gasteiger partial charge in [-0.05, 0) is 48.9 Å². The van der Waals surface area contributed by atoms with Crippen LogP contribution in [0.2, 0.25) is 0 Å². The van der Waals surface area contributed by atoms with E-state index in [-0.39, 0.29) is 16.7 Å². The van der Waals surface area contributed by atoms with Crippen molar-refractivity contribution >= 4 is 15.7 Å². The van der Waals surface area contributed by atoms with Gasteiger partial charge < -0.3 is 5.73 Å². The Morgan fingerprint density at radius 1 is 1.00 bits per heavy atom. The van der Waals surface area contributed by atoms with Crippen LogP contribution in [-0.2, 0) is 10.0 Å². The standard InChI is InChI=1S/C16H28N2O2S/c1-11(2)9-18(10-12(3)4)21(19,20)16-8-14(6)13(5)7-15(16)17/h7-8,11-12H,9-10,17H2,1-6H3. The Kier molecular flexibility index (Phi) is 5.82. The third-order valence-electron chi connectivity index (χ3n) is 3.38. The van der Waals surface area contributed by atoms with Crippen molar-refractivity contribution in [3.05, 3.63) is 23.3 Å². The van der Waals surface area contributed by atoms with Crippen molar-refractivity contribution in [2.24, 2.45) is 11.8 Å². The zero-order valence-electron chi connectivity index (χ0n) is 14.0. The second-order valence-electron chi connectivity index (χ2n) is 6.58. The third-order valence-corrected chi connectivity index (χ3v) is 5.27. The van der Waals surface area contributed by atoms with E-state index in [9.17, 15) is 8.42 Å². The van der Waals surface area contributed by atoms with Crippen LogP contribution in [0.25, 0.3) is 0 Å². The van der Waals surface area contributed by atoms with E-state index < -0.39 is 10.0 Å². The summed E-state index contributed by atoms with van der Waals surface area (Å²) in [6, 6.07) is 3.43. The molecule has 21 heavy (non-hydrogen) atoms. The van der Waals surface area contributed by atoms with E-state index in [2.05, 4.69) is 0 Å². The van der Waals surface area contributed by atoms with Gasteiger partial charge in [0.1, 0.15) is 4.90 Å². The maximum atomic E-state index is 12.9. The van der Waals surface area contributed by atoms with E-state index in [1.165, 1.54) is 0 Å². The van der Waals surface area contributed by atoms with Crippen molar-refractivity contribution in [3.63, 3.8) is 0 Å². The normalized spacial score (nSPS) is 12.6. The molecule has 120 valence electrons. The molecule has 0 aliphatic carbocycles. The van der Waals surface area contributed by atoms with Crippen LogP contribution in [0.5, 0.6) is 0 Å². The third kappa shape index (κ3) is 4.45. The molecule has 0 bridgehead atoms. The molecule has 1 aromatic carbocycles. The Hall–Kier alpha value is -1.07. The van der Waals surface area contributed by atoms with Crippen LogP contribution in [0.4, 0.5) is 5.69 Å². The van der Waals surface area contributed by atoms with Gasteiger partial charge in [-0.15, -0.1) is 0 Å². The van der Waals surface area contributed by atoms with Gasteiger partial charge in [0.05, 0.1) is 5.69 Å². The van der Waals surface area contributed by atoms with Gasteiger partial charge in [0, 0.05) is 13.1 Å². The summed E-state index contributed by atoms with van der Waals surface area (Å²) in [7, 11) is -3.55. The molecule has 0 unspecified atom stereocenters. The number of aryl methyl sites for hydroxylation is 2. The fraction of sp³-hybridized carbons (Fsp3) is 0.625. The predicted molar refractivity (Wildman–Crippen MR) is 88.8 cm³/mol. The summed E-state index contributed by atoms with van der Waals surface area (Å²) in [6.07, 6.45) is 0. The van der Waals surface area contributed by atoms with E-state index >= 15 is 0 Å². The van der Waals surface area contributed by atoms with Crippen molar-refractivity contribution in [2.45, 2.75) is 46.4 Å². The largest absolute Gasteiger partial charge is 0.398 e. The Morgan fingerprint density at radius 2 is 1.43 bits per heavy atom. The Labute approximate surface area is 129 Å². The van der Waals surface area contributed by atoms with Crippen LogP contribution in [0.3, 0.4) is 0 Å². The molecule has 0 fully saturated rings. The van der Waals surface area contributed by atoms with Gasteiger partial charge >= 0.3 is 0 Å². The number of nitrogen functional groups attached to an aromatic ring is 1. The Balaban J connectivity index is 3.31. The molecule has 1 rings (SSSR count). The van der Waals surface area contributed by atoms with E-state index in [1.807, 2.05) is 41.5 Å². The number of sulfonamides is 1. The SMILES string of the molecule is Cc1cc(N)c(S(=O)(=O)N(CC(C)C)CC(C)C)cc1C. The molecule has 2 N–H and O–H groups in total. The molecule has 0 aromatic heterocycles. The molecule has 0 saturated carbocycles. The summed E-state index contributed by atoms with van der Waals surface area (Å²) < 4.78 is 27.4. The van der Waals surface area contributed by atoms with E-state index in [1.54, 1.807) is 16.4 Å². The van der Waals surface area contributed by atoms with Crippen LogP contribution in [0, 0.1) is 25.7 Å². The monoisotopic (exact) mass is 312 g/mol. The molecule has 0 atom stereocenters. The van der Waals surface area contributed by atoms with Crippen LogP contribution >= 0.6 is 0 Å². The fourth-order valence-corrected chi connectivity index (χ4v) is 4.21. The van der Waals surface area contributed by atoms with Crippen LogP contribution < -0.4 is 5.73 Å². The van der Waals surface area contributed by atoms with Crippen molar-refractivity contribution in [1.29, 1.82) is 0 Å². The maximum Gasteiger partial charge on any atom is 0.245 e. The van der Waals surface area contributed by atoms with Gasteiger partial charge in [-0.2, -0.15) is 4.31 Å². The first-order valence-electron chi connectivity index (χ1n) is 7.42. The number of anilines is 1. The summed E-state index contributed by atoms with van der Waals surface area (Å²) in [6.45, 7) is 12.9. The lowest BCUT2D eigenvalue weighted by Gasteiger charge is -2.26. The minimum Gasteiger partial charge on any atom is -0.398 e. The Bertz CT molecular complexity index is 583. The number of hydrogen-bond acceptors (Lipinski definition) is 3. The first kappa shape index (κ1) is 18.0. The number of rotatable bonds is 6. The highest BCUT2D eigenvalue weighted by Gasteiger charge is 2.28. The zero-order valence-corrected chi connectivity index (χ0v) is 14.8. The minimum absolute atomic E-state index is 0.229. The molecule has 5 heteroatoms. The van der Waals surface area contributed by atoms with Gasteiger partial charge in [-0.1, -0.05) is 27.7 Å². The molecule has 0 heterocycles. The van der Waals surface area contributed by atoms with E-state index in [0.717, 1.165) is 11.1 Å². The minimum atomic E-state index is -3.55. The summed E-state index contributed by atoms with van der Waals surface area (Å²) in [5.41, 5.74) is 8.25. The van der Waals surface area contributed by atoms with Crippen molar-refractivity contribution in [1.82, 2.24) is 4.31 Å². The summed E-state index contributed by atoms with van der Waals surface area (Å²) in [5.74, 6) is 0.539. The van der Waals surface area contributed by atoms with Gasteiger partial charge in [0.15, 0.2) is 0 Å². The predicted octanol–water partition coefficient (Wildman–Crippen LogP) is 3.19. The average molecular weight is 312 g/mol. The lowest BCUT2D eigenvalue weighted by atomic mass is 10.1. The molecule has 0 spiro atoms. The molecular formula is C16H28N2O2S. The van der Waals surface area contributed by atoms with Crippen molar-refractivity contribution in [3.8, 4) is 0 Å². The fourth-order valence-electron chi connectivity index (χ4n) is 2.26. The highest BCUT2D eigenvalue weighted by Crippen LogP contribution is 2.27. The summed E-state index contributed by atoms with van der Waals surface area (Å²) in [4.78, 5) is 0.229. The highest BCUT2D eigenvalue weighted by atomic mass is 32.2. The molecule has 0 radical (unpaired) electrons. The highest BCUT2D eigenvalue weighted by molar-refractivity contribution is 7.89. The van der Waals surface area contributed by atoms with Crippen molar-refractivity contribution in [2.75, 3.05) is 18.8 Å². The number of hydrogen-bond donors (Lipinski definition) is 1. The van der Waals surface area contributed by atoms with Crippen LogP contribution in [0.15, 0.2) is 17.0 Å². The smallest absolute Gasteiger partial charge is 0.245 e. The average Bonchev–Trinajstić information content (AvgIpc) is 2.31. The summed E-state index contributed by atoms with van der Waals surface area (Å²) >= 11 is 0. The second kappa shape index (κ2) is 6.79. The zero-order chi connectivity index (χ0) is 16.4. The number of benzene rings is 1. The van der Waals surface area contributed by atoms with Gasteiger partial charge in [0.25, 0.3) is 0 Å². The molecule has 4 nitrogen and oxygen atoms in total. The summed E-state index contributed by atoms with van der Waals surface area (Å²) in [5, 5.41) is 0. The van der Waals surface area contributed by atoms with Crippen LogP contribution in [0.1, 0.15) is 38.8 Å². The molecule has 0 aliphatic heterocycles. The van der Waals surface area contributed by atoms with Gasteiger partial charge in [-0.25, -0.2) is 8.42 Å². The maximum absolute atomic E-state index is 12.9. The second-order valence-corrected chi connectivity index (χ2v) is 8.49. The molecule has 1 aromatic rings. The molecular weight excluding hydrogens is 284 g/mol. The number of nitrogens with two attached hydrogens (primary N) is 1. The first-order valence-corrected chi connectivity index (χ1v) is 8.86. The molecule has 0 amide bonds. The molecule has 0 aliphatic rings. The topological polar surface area (TPSA) is 63.4 Å². The van der Waals surface area contributed by atoms with E-state index in [4.69, 9.17) is 5.73 Å². The van der Waals surface area contributed by atoms with Gasteiger partial charge in [-0.3, -0.25) is 0 Å². The Morgan fingerprint density at radius 3 is 1.86 bits per heavy atom. The van der Waals surface area contributed by atoms with Gasteiger partial charge in [0.2, 0.25) is 10.0 Å². The lowest BCUT2D eigenvalue weighted by molar-refractivity contribution is 0.333. The first-order chi connectivity index (χ1) is 9.55. The lowest BCUT2D eigenvalue weighted by Crippen LogP contribution is -2.37. The van der Waals surface area contributed by atoms with E-state index in [0.29, 0.717) is 18.8 Å². The van der Waals surface area contributed by atoms with Crippen LogP contribution in [-0.4, -0.2) is 25.8 Å². The van der Waals surface area contributed by atoms with Crippen molar-refractivity contribution < 1.29 is 8.42 Å². The quantitative estimate of drug-likeness (QED) is 0.821. The number of nitrogens with zero attached hydrogens (tertiary/aromatic N) is 1.